The van der Waals surface area contributed by atoms with Crippen LogP contribution in [-0.2, 0) is 19.1 Å². The summed E-state index contributed by atoms with van der Waals surface area (Å²) in [6, 6.07) is 0. The number of carbonyl (C=O) groups is 2. The molecule has 0 aliphatic rings. The fourth-order valence-corrected chi connectivity index (χ4v) is 0.938. The van der Waals surface area contributed by atoms with Gasteiger partial charge in [0.2, 0.25) is 0 Å². The lowest BCUT2D eigenvalue weighted by Gasteiger charge is -2.08. The zero-order chi connectivity index (χ0) is 11.1. The molecule has 0 aromatic rings. The van der Waals surface area contributed by atoms with Crippen LogP contribution in [0.25, 0.3) is 0 Å². The van der Waals surface area contributed by atoms with E-state index < -0.39 is 22.8 Å². The van der Waals surface area contributed by atoms with Crippen LogP contribution >= 0.6 is 25.3 Å². The molecule has 0 aromatic heterocycles. The van der Waals surface area contributed by atoms with Gasteiger partial charge in [-0.1, -0.05) is 0 Å². The second-order valence-electron chi connectivity index (χ2n) is 2.68. The minimum atomic E-state index is -0.462. The summed E-state index contributed by atoms with van der Waals surface area (Å²) in [7, 11) is 0. The third-order valence-electron chi connectivity index (χ3n) is 1.14. The smallest absolute Gasteiger partial charge is 0.307 e. The Hall–Kier alpha value is -0.360. The summed E-state index contributed by atoms with van der Waals surface area (Å²) in [6.45, 7) is 3.24. The van der Waals surface area contributed by atoms with E-state index in [0.29, 0.717) is 0 Å². The van der Waals surface area contributed by atoms with E-state index in [2.05, 4.69) is 25.3 Å². The normalized spacial score (nSPS) is 14.3. The van der Waals surface area contributed by atoms with Crippen LogP contribution < -0.4 is 0 Å². The molecule has 2 atom stereocenters. The van der Waals surface area contributed by atoms with Gasteiger partial charge in [0.05, 0.1) is 12.8 Å². The summed E-state index contributed by atoms with van der Waals surface area (Å²) in [5.41, 5.74) is -0.912. The van der Waals surface area contributed by atoms with Crippen LogP contribution in [0.15, 0.2) is 0 Å². The molecule has 82 valence electrons. The maximum absolute atomic E-state index is 10.9. The molecular formula is C8H14O4S2. The third kappa shape index (κ3) is 8.25. The lowest BCUT2D eigenvalue weighted by atomic mass is 10.3. The highest BCUT2D eigenvalue weighted by atomic mass is 32.1. The van der Waals surface area contributed by atoms with Gasteiger partial charge in [0.1, 0.15) is 10.9 Å². The Morgan fingerprint density at radius 3 is 1.50 bits per heavy atom. The Morgan fingerprint density at radius 2 is 1.29 bits per heavy atom. The number of thiol groups is 2. The first-order valence-electron chi connectivity index (χ1n) is 4.17. The summed E-state index contributed by atoms with van der Waals surface area (Å²) in [5.74, 6) is -0.924. The van der Waals surface area contributed by atoms with Gasteiger partial charge in [0.15, 0.2) is 0 Å². The Balaban J connectivity index is 3.61. The van der Waals surface area contributed by atoms with Crippen molar-refractivity contribution in [2.75, 3.05) is 0 Å². The van der Waals surface area contributed by atoms with Gasteiger partial charge in [-0.25, -0.2) is 0 Å². The standard InChI is InChI=1S/C8H14O4S2/c1-5(13)11-7(9)3-4-8(10)12-6(2)14/h5-6,13-14H,3-4H2,1-2H3. The average molecular weight is 238 g/mol. The Labute approximate surface area is 94.2 Å². The molecule has 0 aromatic carbocycles. The van der Waals surface area contributed by atoms with Crippen LogP contribution in [0.5, 0.6) is 0 Å². The van der Waals surface area contributed by atoms with Crippen molar-refractivity contribution < 1.29 is 19.1 Å². The number of carbonyl (C=O) groups excluding carboxylic acids is 2. The summed E-state index contributed by atoms with van der Waals surface area (Å²) in [4.78, 5) is 21.9. The van der Waals surface area contributed by atoms with Crippen molar-refractivity contribution in [1.82, 2.24) is 0 Å². The minimum Gasteiger partial charge on any atom is -0.452 e. The van der Waals surface area contributed by atoms with E-state index in [9.17, 15) is 9.59 Å². The molecule has 4 nitrogen and oxygen atoms in total. The van der Waals surface area contributed by atoms with Crippen molar-refractivity contribution >= 4 is 37.2 Å². The zero-order valence-electron chi connectivity index (χ0n) is 8.10. The van der Waals surface area contributed by atoms with Crippen molar-refractivity contribution in [3.05, 3.63) is 0 Å². The summed E-state index contributed by atoms with van der Waals surface area (Å²) >= 11 is 7.73. The van der Waals surface area contributed by atoms with Crippen molar-refractivity contribution in [3.8, 4) is 0 Å². The number of hydrogen-bond acceptors (Lipinski definition) is 6. The number of ether oxygens (including phenoxy) is 2. The molecule has 0 aliphatic heterocycles. The van der Waals surface area contributed by atoms with Crippen molar-refractivity contribution in [1.29, 1.82) is 0 Å². The van der Waals surface area contributed by atoms with E-state index in [1.54, 1.807) is 13.8 Å². The predicted molar refractivity (Wildman–Crippen MR) is 58.3 cm³/mol. The number of hydrogen-bond donors (Lipinski definition) is 2. The Kier molecular flexibility index (Phi) is 6.82. The quantitative estimate of drug-likeness (QED) is 0.432. The minimum absolute atomic E-state index is 0.00420. The van der Waals surface area contributed by atoms with E-state index in [1.807, 2.05) is 0 Å². The van der Waals surface area contributed by atoms with Crippen molar-refractivity contribution in [3.63, 3.8) is 0 Å². The van der Waals surface area contributed by atoms with Crippen molar-refractivity contribution in [2.24, 2.45) is 0 Å². The van der Waals surface area contributed by atoms with Gasteiger partial charge >= 0.3 is 11.9 Å². The lowest BCUT2D eigenvalue weighted by molar-refractivity contribution is -0.151. The third-order valence-corrected chi connectivity index (χ3v) is 1.35. The van der Waals surface area contributed by atoms with Gasteiger partial charge in [0.25, 0.3) is 0 Å². The van der Waals surface area contributed by atoms with E-state index >= 15 is 0 Å². The highest BCUT2D eigenvalue weighted by molar-refractivity contribution is 7.80. The fourth-order valence-electron chi connectivity index (χ4n) is 0.702. The molecule has 2 unspecified atom stereocenters. The second-order valence-corrected chi connectivity index (χ2v) is 4.13. The maximum atomic E-state index is 10.9. The largest absolute Gasteiger partial charge is 0.452 e. The summed E-state index contributed by atoms with van der Waals surface area (Å²) < 4.78 is 9.41. The molecule has 14 heavy (non-hydrogen) atoms. The molecule has 0 saturated carbocycles. The SMILES string of the molecule is CC(S)OC(=O)CCC(=O)OC(C)S. The molecule has 0 N–H and O–H groups in total. The molecule has 0 saturated heterocycles. The van der Waals surface area contributed by atoms with Crippen LogP contribution in [0.4, 0.5) is 0 Å². The first-order valence-corrected chi connectivity index (χ1v) is 5.20. The molecule has 0 heterocycles. The van der Waals surface area contributed by atoms with Gasteiger partial charge in [0, 0.05) is 0 Å². The average Bonchev–Trinajstić information content (AvgIpc) is 1.98. The monoisotopic (exact) mass is 238 g/mol. The summed E-state index contributed by atoms with van der Waals surface area (Å²) in [5, 5.41) is 0. The second kappa shape index (κ2) is 7.00. The molecule has 0 amide bonds. The van der Waals surface area contributed by atoms with Gasteiger partial charge in [-0.05, 0) is 13.8 Å². The Morgan fingerprint density at radius 1 is 1.00 bits per heavy atom. The predicted octanol–water partition coefficient (Wildman–Crippen LogP) is 1.40. The van der Waals surface area contributed by atoms with Gasteiger partial charge in [-0.3, -0.25) is 9.59 Å². The van der Waals surface area contributed by atoms with Crippen LogP contribution in [0.1, 0.15) is 26.7 Å². The molecular weight excluding hydrogens is 224 g/mol. The molecule has 0 fully saturated rings. The fraction of sp³-hybridized carbons (Fsp3) is 0.750. The topological polar surface area (TPSA) is 52.6 Å². The first-order chi connectivity index (χ1) is 6.41. The highest BCUT2D eigenvalue weighted by Crippen LogP contribution is 2.03. The van der Waals surface area contributed by atoms with Gasteiger partial charge < -0.3 is 9.47 Å². The van der Waals surface area contributed by atoms with Crippen molar-refractivity contribution in [2.45, 2.75) is 37.6 Å². The van der Waals surface area contributed by atoms with E-state index in [1.165, 1.54) is 0 Å². The van der Waals surface area contributed by atoms with E-state index in [0.717, 1.165) is 0 Å². The first kappa shape index (κ1) is 13.6. The number of esters is 2. The molecule has 0 spiro atoms. The van der Waals surface area contributed by atoms with Crippen LogP contribution in [0, 0.1) is 0 Å². The van der Waals surface area contributed by atoms with Crippen LogP contribution in [0.2, 0.25) is 0 Å². The Bertz CT molecular complexity index is 182. The highest BCUT2D eigenvalue weighted by Gasteiger charge is 2.11. The lowest BCUT2D eigenvalue weighted by Crippen LogP contribution is -2.14. The summed E-state index contributed by atoms with van der Waals surface area (Å²) in [6.07, 6.45) is 0.00840. The van der Waals surface area contributed by atoms with Crippen LogP contribution in [-0.4, -0.2) is 22.8 Å². The van der Waals surface area contributed by atoms with Gasteiger partial charge in [-0.15, -0.1) is 25.3 Å². The maximum Gasteiger partial charge on any atom is 0.307 e. The molecule has 0 radical (unpaired) electrons. The van der Waals surface area contributed by atoms with E-state index in [-0.39, 0.29) is 12.8 Å². The molecule has 0 rings (SSSR count). The number of rotatable bonds is 5. The van der Waals surface area contributed by atoms with E-state index in [4.69, 9.17) is 9.47 Å². The zero-order valence-corrected chi connectivity index (χ0v) is 9.89. The van der Waals surface area contributed by atoms with Crippen LogP contribution in [0.3, 0.4) is 0 Å². The molecule has 0 bridgehead atoms. The molecule has 0 aliphatic carbocycles. The molecule has 6 heteroatoms. The van der Waals surface area contributed by atoms with Gasteiger partial charge in [-0.2, -0.15) is 0 Å².